The van der Waals surface area contributed by atoms with Crippen LogP contribution in [0, 0.1) is 0 Å². The molecular weight excluding hydrogens is 256 g/mol. The molecule has 0 aliphatic heterocycles. The van der Waals surface area contributed by atoms with Gasteiger partial charge in [-0.25, -0.2) is 0 Å². The Morgan fingerprint density at radius 2 is 2.25 bits per heavy atom. The number of hydrogen-bond acceptors (Lipinski definition) is 4. The van der Waals surface area contributed by atoms with Gasteiger partial charge in [0.15, 0.2) is 0 Å². The molecule has 6 heteroatoms. The summed E-state index contributed by atoms with van der Waals surface area (Å²) in [6.45, 7) is 2.11. The second-order valence-electron chi connectivity index (χ2n) is 4.50. The quantitative estimate of drug-likeness (QED) is 0.837. The van der Waals surface area contributed by atoms with Gasteiger partial charge in [0.1, 0.15) is 12.3 Å². The number of aromatic nitrogens is 2. The number of rotatable bonds is 6. The first kappa shape index (κ1) is 13.9. The van der Waals surface area contributed by atoms with Gasteiger partial charge in [-0.15, -0.1) is 0 Å². The molecule has 0 fully saturated rings. The van der Waals surface area contributed by atoms with Gasteiger partial charge in [-0.3, -0.25) is 9.48 Å². The lowest BCUT2D eigenvalue weighted by Crippen LogP contribution is -2.18. The molecule has 0 bridgehead atoms. The number of nitrogens with two attached hydrogens (primary N) is 1. The maximum Gasteiger partial charge on any atom is 0.239 e. The first-order valence-electron chi connectivity index (χ1n) is 6.30. The molecule has 6 nitrogen and oxygen atoms in total. The van der Waals surface area contributed by atoms with E-state index in [0.717, 1.165) is 17.0 Å². The highest BCUT2D eigenvalue weighted by Gasteiger charge is 2.11. The molecule has 1 amide bonds. The molecule has 20 heavy (non-hydrogen) atoms. The summed E-state index contributed by atoms with van der Waals surface area (Å²) in [7, 11) is 1.65. The third-order valence-corrected chi connectivity index (χ3v) is 2.94. The van der Waals surface area contributed by atoms with Gasteiger partial charge in [-0.05, 0) is 13.0 Å². The SMILES string of the molecule is COc1ccccc1C(C)Nc1cnn(CC(N)=O)c1. The maximum atomic E-state index is 10.8. The fourth-order valence-electron chi connectivity index (χ4n) is 2.04. The second-order valence-corrected chi connectivity index (χ2v) is 4.50. The van der Waals surface area contributed by atoms with E-state index in [4.69, 9.17) is 10.5 Å². The lowest BCUT2D eigenvalue weighted by Gasteiger charge is -2.17. The third-order valence-electron chi connectivity index (χ3n) is 2.94. The summed E-state index contributed by atoms with van der Waals surface area (Å²) in [5.74, 6) is 0.412. The van der Waals surface area contributed by atoms with Crippen molar-refractivity contribution in [2.75, 3.05) is 12.4 Å². The van der Waals surface area contributed by atoms with Crippen molar-refractivity contribution in [3.8, 4) is 5.75 Å². The number of methoxy groups -OCH3 is 1. The monoisotopic (exact) mass is 274 g/mol. The van der Waals surface area contributed by atoms with Crippen LogP contribution in [-0.2, 0) is 11.3 Å². The predicted molar refractivity (Wildman–Crippen MR) is 76.5 cm³/mol. The molecule has 1 heterocycles. The predicted octanol–water partition coefficient (Wildman–Crippen LogP) is 1.55. The van der Waals surface area contributed by atoms with E-state index in [1.165, 1.54) is 4.68 Å². The fraction of sp³-hybridized carbons (Fsp3) is 0.286. The average Bonchev–Trinajstić information content (AvgIpc) is 2.85. The average molecular weight is 274 g/mol. The molecule has 1 atom stereocenters. The minimum absolute atomic E-state index is 0.0531. The highest BCUT2D eigenvalue weighted by Crippen LogP contribution is 2.27. The number of amides is 1. The number of ether oxygens (including phenoxy) is 1. The van der Waals surface area contributed by atoms with Crippen LogP contribution in [0.1, 0.15) is 18.5 Å². The van der Waals surface area contributed by atoms with E-state index in [1.807, 2.05) is 31.2 Å². The van der Waals surface area contributed by atoms with Gasteiger partial charge in [-0.1, -0.05) is 18.2 Å². The van der Waals surface area contributed by atoms with Crippen LogP contribution in [0.4, 0.5) is 5.69 Å². The molecule has 0 saturated carbocycles. The molecule has 1 unspecified atom stereocenters. The molecule has 3 N–H and O–H groups in total. The van der Waals surface area contributed by atoms with Gasteiger partial charge in [0.25, 0.3) is 0 Å². The van der Waals surface area contributed by atoms with Crippen molar-refractivity contribution in [1.82, 2.24) is 9.78 Å². The molecule has 0 radical (unpaired) electrons. The van der Waals surface area contributed by atoms with Crippen molar-refractivity contribution in [2.24, 2.45) is 5.73 Å². The molecule has 0 aliphatic rings. The number of nitrogens with one attached hydrogen (secondary N) is 1. The maximum absolute atomic E-state index is 10.8. The number of carbonyl (C=O) groups excluding carboxylic acids is 1. The molecule has 1 aromatic carbocycles. The van der Waals surface area contributed by atoms with Crippen LogP contribution in [0.5, 0.6) is 5.75 Å². The number of para-hydroxylation sites is 1. The number of benzene rings is 1. The minimum Gasteiger partial charge on any atom is -0.496 e. The van der Waals surface area contributed by atoms with Crippen molar-refractivity contribution in [3.63, 3.8) is 0 Å². The Hall–Kier alpha value is -2.50. The van der Waals surface area contributed by atoms with Crippen LogP contribution in [0.2, 0.25) is 0 Å². The van der Waals surface area contributed by atoms with Gasteiger partial charge in [0.05, 0.1) is 25.0 Å². The summed E-state index contributed by atoms with van der Waals surface area (Å²) in [6, 6.07) is 7.87. The summed E-state index contributed by atoms with van der Waals surface area (Å²) in [4.78, 5) is 10.8. The lowest BCUT2D eigenvalue weighted by atomic mass is 10.1. The first-order chi connectivity index (χ1) is 9.60. The van der Waals surface area contributed by atoms with Crippen molar-refractivity contribution in [1.29, 1.82) is 0 Å². The normalized spacial score (nSPS) is 11.9. The zero-order valence-corrected chi connectivity index (χ0v) is 11.5. The van der Waals surface area contributed by atoms with Crippen molar-refractivity contribution in [2.45, 2.75) is 19.5 Å². The Morgan fingerprint density at radius 3 is 2.95 bits per heavy atom. The fourth-order valence-corrected chi connectivity index (χ4v) is 2.04. The smallest absolute Gasteiger partial charge is 0.239 e. The minimum atomic E-state index is -0.419. The zero-order valence-electron chi connectivity index (χ0n) is 11.5. The molecular formula is C14H18N4O2. The first-order valence-corrected chi connectivity index (χ1v) is 6.30. The number of carbonyl (C=O) groups is 1. The molecule has 0 saturated heterocycles. The molecule has 106 valence electrons. The van der Waals surface area contributed by atoms with Crippen LogP contribution < -0.4 is 15.8 Å². The van der Waals surface area contributed by atoms with E-state index in [2.05, 4.69) is 10.4 Å². The van der Waals surface area contributed by atoms with Crippen LogP contribution >= 0.6 is 0 Å². The van der Waals surface area contributed by atoms with E-state index < -0.39 is 5.91 Å². The number of primary amides is 1. The van der Waals surface area contributed by atoms with Crippen LogP contribution in [0.25, 0.3) is 0 Å². The largest absolute Gasteiger partial charge is 0.496 e. The number of nitrogens with zero attached hydrogens (tertiary/aromatic N) is 2. The molecule has 0 spiro atoms. The van der Waals surface area contributed by atoms with E-state index in [0.29, 0.717) is 0 Å². The van der Waals surface area contributed by atoms with E-state index in [-0.39, 0.29) is 12.6 Å². The van der Waals surface area contributed by atoms with Gasteiger partial charge in [-0.2, -0.15) is 5.10 Å². The van der Waals surface area contributed by atoms with E-state index >= 15 is 0 Å². The second kappa shape index (κ2) is 6.10. The third kappa shape index (κ3) is 3.28. The van der Waals surface area contributed by atoms with Crippen molar-refractivity contribution >= 4 is 11.6 Å². The molecule has 2 rings (SSSR count). The highest BCUT2D eigenvalue weighted by atomic mass is 16.5. The van der Waals surface area contributed by atoms with E-state index in [9.17, 15) is 4.79 Å². The van der Waals surface area contributed by atoms with Crippen LogP contribution in [0.15, 0.2) is 36.7 Å². The summed E-state index contributed by atoms with van der Waals surface area (Å²) in [5.41, 5.74) is 7.00. The van der Waals surface area contributed by atoms with Crippen LogP contribution in [-0.4, -0.2) is 22.8 Å². The van der Waals surface area contributed by atoms with Crippen molar-refractivity contribution in [3.05, 3.63) is 42.2 Å². The molecule has 0 aliphatic carbocycles. The van der Waals surface area contributed by atoms with E-state index in [1.54, 1.807) is 19.5 Å². The Labute approximate surface area is 117 Å². The van der Waals surface area contributed by atoms with Gasteiger partial charge in [0.2, 0.25) is 5.91 Å². The Kier molecular flexibility index (Phi) is 4.24. The van der Waals surface area contributed by atoms with Gasteiger partial charge in [0, 0.05) is 11.8 Å². The highest BCUT2D eigenvalue weighted by molar-refractivity contribution is 5.73. The molecule has 2 aromatic rings. The van der Waals surface area contributed by atoms with Gasteiger partial charge >= 0.3 is 0 Å². The zero-order chi connectivity index (χ0) is 14.5. The van der Waals surface area contributed by atoms with Crippen molar-refractivity contribution < 1.29 is 9.53 Å². The Bertz CT molecular complexity index is 594. The molecule has 1 aromatic heterocycles. The lowest BCUT2D eigenvalue weighted by molar-refractivity contribution is -0.118. The van der Waals surface area contributed by atoms with Crippen LogP contribution in [0.3, 0.4) is 0 Å². The number of hydrogen-bond donors (Lipinski definition) is 2. The summed E-state index contributed by atoms with van der Waals surface area (Å²) >= 11 is 0. The Balaban J connectivity index is 2.09. The standard InChI is InChI=1S/C14H18N4O2/c1-10(12-5-3-4-6-13(12)20-2)17-11-7-16-18(8-11)9-14(15)19/h3-8,10,17H,9H2,1-2H3,(H2,15,19). The topological polar surface area (TPSA) is 82.2 Å². The summed E-state index contributed by atoms with van der Waals surface area (Å²) in [6.07, 6.45) is 3.41. The number of anilines is 1. The Morgan fingerprint density at radius 1 is 1.50 bits per heavy atom. The summed E-state index contributed by atoms with van der Waals surface area (Å²) in [5, 5.41) is 7.38. The summed E-state index contributed by atoms with van der Waals surface area (Å²) < 4.78 is 6.84. The van der Waals surface area contributed by atoms with Gasteiger partial charge < -0.3 is 15.8 Å².